The fourth-order valence-corrected chi connectivity index (χ4v) is 5.31. The van der Waals surface area contributed by atoms with Gasteiger partial charge in [-0.15, -0.1) is 0 Å². The Morgan fingerprint density at radius 1 is 1.03 bits per heavy atom. The molecule has 1 amide bonds. The largest absolute Gasteiger partial charge is 0.496 e. The molecule has 0 aromatic heterocycles. The molecule has 0 N–H and O–H groups in total. The minimum absolute atomic E-state index is 0.273. The van der Waals surface area contributed by atoms with Gasteiger partial charge in [0.1, 0.15) is 5.75 Å². The number of nitrogens with zero attached hydrogens (tertiary/aromatic N) is 2. The molecule has 3 aliphatic heterocycles. The number of fused-ring (bicyclic) bond motifs is 2. The molecule has 164 valence electrons. The van der Waals surface area contributed by atoms with Crippen LogP contribution in [0.1, 0.15) is 36.0 Å². The van der Waals surface area contributed by atoms with E-state index in [9.17, 15) is 4.79 Å². The van der Waals surface area contributed by atoms with Gasteiger partial charge in [-0.3, -0.25) is 9.69 Å². The van der Waals surface area contributed by atoms with Crippen molar-refractivity contribution in [1.82, 2.24) is 9.80 Å². The zero-order chi connectivity index (χ0) is 21.4. The second-order valence-corrected chi connectivity index (χ2v) is 8.90. The highest BCUT2D eigenvalue weighted by Crippen LogP contribution is 2.36. The Balaban J connectivity index is 1.25. The van der Waals surface area contributed by atoms with E-state index in [1.807, 2.05) is 18.2 Å². The van der Waals surface area contributed by atoms with Crippen LogP contribution in [0.25, 0.3) is 0 Å². The second kappa shape index (κ2) is 8.42. The average Bonchev–Trinajstić information content (AvgIpc) is 3.24. The minimum Gasteiger partial charge on any atom is -0.496 e. The Bertz CT molecular complexity index is 976. The first-order valence-electron chi connectivity index (χ1n) is 11.1. The number of methoxy groups -OCH3 is 1. The van der Waals surface area contributed by atoms with Gasteiger partial charge in [-0.05, 0) is 60.6 Å². The van der Waals surface area contributed by atoms with E-state index in [1.54, 1.807) is 7.11 Å². The van der Waals surface area contributed by atoms with Crippen molar-refractivity contribution in [3.63, 3.8) is 0 Å². The van der Waals surface area contributed by atoms with Crippen LogP contribution in [-0.2, 0) is 17.9 Å². The third-order valence-corrected chi connectivity index (χ3v) is 6.88. The molecule has 5 rings (SSSR count). The first-order chi connectivity index (χ1) is 15.1. The van der Waals surface area contributed by atoms with Crippen molar-refractivity contribution < 1.29 is 19.0 Å². The van der Waals surface area contributed by atoms with Crippen LogP contribution in [0.3, 0.4) is 0 Å². The highest BCUT2D eigenvalue weighted by molar-refractivity contribution is 5.77. The number of aryl methyl sites for hydroxylation is 1. The summed E-state index contributed by atoms with van der Waals surface area (Å²) in [5.41, 5.74) is 3.60. The van der Waals surface area contributed by atoms with Crippen LogP contribution < -0.4 is 14.2 Å². The summed E-state index contributed by atoms with van der Waals surface area (Å²) in [6.07, 6.45) is 2.65. The topological polar surface area (TPSA) is 51.2 Å². The van der Waals surface area contributed by atoms with Gasteiger partial charge < -0.3 is 19.1 Å². The molecule has 2 fully saturated rings. The summed E-state index contributed by atoms with van der Waals surface area (Å²) in [7, 11) is 1.71. The summed E-state index contributed by atoms with van der Waals surface area (Å²) in [6, 6.07) is 12.8. The lowest BCUT2D eigenvalue weighted by Gasteiger charge is -2.47. The Labute approximate surface area is 183 Å². The van der Waals surface area contributed by atoms with Crippen molar-refractivity contribution in [2.24, 2.45) is 5.92 Å². The third kappa shape index (κ3) is 4.09. The van der Waals surface area contributed by atoms with E-state index >= 15 is 0 Å². The highest BCUT2D eigenvalue weighted by atomic mass is 16.7. The molecule has 0 bridgehead atoms. The second-order valence-electron chi connectivity index (χ2n) is 8.90. The zero-order valence-electron chi connectivity index (χ0n) is 18.3. The number of carbonyl (C=O) groups excluding carboxylic acids is 1. The first kappa shape index (κ1) is 20.2. The standard InChI is InChI=1S/C25H30N2O4/c1-17-11-18(3-6-22(17)29-2)13-26-10-9-21-20(15-26)5-8-25(28)27(21)14-19-4-7-23-24(12-19)31-16-30-23/h3-4,6-7,11-12,20-21H,5,8-10,13-16H2,1-2H3/t20-,21+/m1/s1. The van der Waals surface area contributed by atoms with Gasteiger partial charge in [-0.25, -0.2) is 0 Å². The lowest BCUT2D eigenvalue weighted by molar-refractivity contribution is -0.142. The molecular formula is C25H30N2O4. The van der Waals surface area contributed by atoms with Crippen LogP contribution in [0, 0.1) is 12.8 Å². The summed E-state index contributed by atoms with van der Waals surface area (Å²) >= 11 is 0. The molecule has 6 heteroatoms. The van der Waals surface area contributed by atoms with E-state index in [0.29, 0.717) is 24.9 Å². The van der Waals surface area contributed by atoms with Gasteiger partial charge in [-0.1, -0.05) is 18.2 Å². The molecule has 3 aliphatic rings. The molecule has 2 aromatic rings. The minimum atomic E-state index is 0.273. The predicted octanol–water partition coefficient (Wildman–Crippen LogP) is 3.75. The molecule has 0 radical (unpaired) electrons. The maximum atomic E-state index is 12.8. The molecule has 0 aliphatic carbocycles. The highest BCUT2D eigenvalue weighted by Gasteiger charge is 2.39. The van der Waals surface area contributed by atoms with Crippen LogP contribution >= 0.6 is 0 Å². The summed E-state index contributed by atoms with van der Waals surface area (Å²) in [5, 5.41) is 0. The molecule has 0 spiro atoms. The molecule has 3 heterocycles. The van der Waals surface area contributed by atoms with Crippen molar-refractivity contribution in [2.75, 3.05) is 27.0 Å². The summed E-state index contributed by atoms with van der Waals surface area (Å²) in [6.45, 7) is 6.02. The number of rotatable bonds is 5. The van der Waals surface area contributed by atoms with Gasteiger partial charge in [0, 0.05) is 38.6 Å². The van der Waals surface area contributed by atoms with Gasteiger partial charge in [0.25, 0.3) is 0 Å². The van der Waals surface area contributed by atoms with Crippen LogP contribution in [0.15, 0.2) is 36.4 Å². The fraction of sp³-hybridized carbons (Fsp3) is 0.480. The van der Waals surface area contributed by atoms with Crippen LogP contribution in [0.5, 0.6) is 17.2 Å². The SMILES string of the molecule is COc1ccc(CN2CC[C@H]3[C@H](CCC(=O)N3Cc3ccc4c(c3)OCO4)C2)cc1C. The van der Waals surface area contributed by atoms with Crippen LogP contribution in [-0.4, -0.2) is 48.7 Å². The van der Waals surface area contributed by atoms with E-state index in [1.165, 1.54) is 11.1 Å². The maximum absolute atomic E-state index is 12.8. The fourth-order valence-electron chi connectivity index (χ4n) is 5.31. The number of carbonyl (C=O) groups is 1. The maximum Gasteiger partial charge on any atom is 0.231 e. The number of hydrogen-bond acceptors (Lipinski definition) is 5. The summed E-state index contributed by atoms with van der Waals surface area (Å²) < 4.78 is 16.3. The Morgan fingerprint density at radius 2 is 1.84 bits per heavy atom. The Kier molecular flexibility index (Phi) is 5.48. The van der Waals surface area contributed by atoms with E-state index in [0.717, 1.165) is 55.3 Å². The van der Waals surface area contributed by atoms with Crippen LogP contribution in [0.2, 0.25) is 0 Å². The van der Waals surface area contributed by atoms with Crippen molar-refractivity contribution in [1.29, 1.82) is 0 Å². The van der Waals surface area contributed by atoms with Gasteiger partial charge in [0.05, 0.1) is 7.11 Å². The predicted molar refractivity (Wildman–Crippen MR) is 117 cm³/mol. The monoisotopic (exact) mass is 422 g/mol. The van der Waals surface area contributed by atoms with Crippen molar-refractivity contribution >= 4 is 5.91 Å². The zero-order valence-corrected chi connectivity index (χ0v) is 18.3. The van der Waals surface area contributed by atoms with Crippen molar-refractivity contribution in [3.8, 4) is 17.2 Å². The van der Waals surface area contributed by atoms with E-state index in [2.05, 4.69) is 34.9 Å². The van der Waals surface area contributed by atoms with E-state index in [-0.39, 0.29) is 12.7 Å². The number of benzene rings is 2. The third-order valence-electron chi connectivity index (χ3n) is 6.88. The van der Waals surface area contributed by atoms with Gasteiger partial charge in [0.2, 0.25) is 12.7 Å². The molecule has 6 nitrogen and oxygen atoms in total. The van der Waals surface area contributed by atoms with Gasteiger partial charge >= 0.3 is 0 Å². The molecule has 2 saturated heterocycles. The molecule has 31 heavy (non-hydrogen) atoms. The first-order valence-corrected chi connectivity index (χ1v) is 11.1. The number of hydrogen-bond donors (Lipinski definition) is 0. The van der Waals surface area contributed by atoms with Crippen molar-refractivity contribution in [2.45, 2.75) is 45.3 Å². The average molecular weight is 423 g/mol. The summed E-state index contributed by atoms with van der Waals surface area (Å²) in [4.78, 5) is 17.5. The van der Waals surface area contributed by atoms with E-state index < -0.39 is 0 Å². The Hall–Kier alpha value is -2.73. The van der Waals surface area contributed by atoms with Gasteiger partial charge in [0.15, 0.2) is 11.5 Å². The molecular weight excluding hydrogens is 392 g/mol. The van der Waals surface area contributed by atoms with Gasteiger partial charge in [-0.2, -0.15) is 0 Å². The molecule has 2 aromatic carbocycles. The summed E-state index contributed by atoms with van der Waals surface area (Å²) in [5.74, 6) is 3.31. The van der Waals surface area contributed by atoms with Crippen molar-refractivity contribution in [3.05, 3.63) is 53.1 Å². The lowest BCUT2D eigenvalue weighted by atomic mass is 9.83. The number of likely N-dealkylation sites (tertiary alicyclic amines) is 2. The molecule has 0 unspecified atom stereocenters. The number of amides is 1. The molecule has 2 atom stereocenters. The van der Waals surface area contributed by atoms with E-state index in [4.69, 9.17) is 14.2 Å². The molecule has 0 saturated carbocycles. The normalized spacial score (nSPS) is 23.0. The van der Waals surface area contributed by atoms with Crippen LogP contribution in [0.4, 0.5) is 0 Å². The lowest BCUT2D eigenvalue weighted by Crippen LogP contribution is -2.55. The Morgan fingerprint density at radius 3 is 2.68 bits per heavy atom. The number of piperidine rings is 2. The number of ether oxygens (including phenoxy) is 3. The smallest absolute Gasteiger partial charge is 0.231 e. The quantitative estimate of drug-likeness (QED) is 0.735.